The minimum Gasteiger partial charge on any atom is -0.507 e. The molecule has 134 valence electrons. The first-order chi connectivity index (χ1) is 11.5. The maximum Gasteiger partial charge on any atom is 0.408 e. The van der Waals surface area contributed by atoms with E-state index in [1.807, 2.05) is 35.6 Å². The molecule has 0 aliphatic carbocycles. The maximum absolute atomic E-state index is 13.9. The Bertz CT molecular complexity index is 743. The summed E-state index contributed by atoms with van der Waals surface area (Å²) in [5.41, 5.74) is 0.841. The van der Waals surface area contributed by atoms with E-state index in [-0.39, 0.29) is 30.3 Å². The predicted molar refractivity (Wildman–Crippen MR) is 88.3 cm³/mol. The standard InChI is InChI=1S/C17H15F2NO4.ClH/c18-17(19)10-24-16(22)20-15(17)13-7-6-12(8-14(13)21)23-9-11-4-2-1-3-5-11;/h1-8,15,21H,9-10H2,(H,20,22);1H/t15-;/m0./s1. The number of nitrogens with one attached hydrogen (secondary N) is 1. The van der Waals surface area contributed by atoms with Gasteiger partial charge < -0.3 is 19.9 Å². The Balaban J connectivity index is 0.00000225. The van der Waals surface area contributed by atoms with Crippen LogP contribution in [0.15, 0.2) is 48.5 Å². The van der Waals surface area contributed by atoms with Crippen molar-refractivity contribution < 1.29 is 28.2 Å². The van der Waals surface area contributed by atoms with Gasteiger partial charge in [-0.25, -0.2) is 13.6 Å². The van der Waals surface area contributed by atoms with Gasteiger partial charge in [0, 0.05) is 11.6 Å². The van der Waals surface area contributed by atoms with Crippen molar-refractivity contribution in [3.8, 4) is 11.5 Å². The van der Waals surface area contributed by atoms with E-state index in [0.717, 1.165) is 5.56 Å². The van der Waals surface area contributed by atoms with E-state index in [9.17, 15) is 18.7 Å². The monoisotopic (exact) mass is 371 g/mol. The van der Waals surface area contributed by atoms with Gasteiger partial charge in [-0.2, -0.15) is 0 Å². The zero-order valence-corrected chi connectivity index (χ0v) is 13.8. The normalized spacial score (nSPS) is 18.5. The number of alkyl halides is 2. The number of ether oxygens (including phenoxy) is 2. The Hall–Kier alpha value is -2.54. The summed E-state index contributed by atoms with van der Waals surface area (Å²) in [6, 6.07) is 11.8. The largest absolute Gasteiger partial charge is 0.507 e. The first kappa shape index (κ1) is 18.8. The van der Waals surface area contributed by atoms with E-state index >= 15 is 0 Å². The summed E-state index contributed by atoms with van der Waals surface area (Å²) in [5, 5.41) is 12.1. The van der Waals surface area contributed by atoms with Crippen LogP contribution in [0, 0.1) is 0 Å². The van der Waals surface area contributed by atoms with Gasteiger partial charge in [-0.15, -0.1) is 12.4 Å². The number of phenols is 1. The molecule has 0 saturated carbocycles. The Morgan fingerprint density at radius 2 is 1.96 bits per heavy atom. The molecule has 0 spiro atoms. The van der Waals surface area contributed by atoms with Crippen molar-refractivity contribution >= 4 is 18.5 Å². The SMILES string of the molecule is Cl.O=C1N[C@@H](c2ccc(OCc3ccccc3)cc2O)C(F)(F)CO1. The van der Waals surface area contributed by atoms with Crippen LogP contribution in [0.25, 0.3) is 0 Å². The van der Waals surface area contributed by atoms with Crippen molar-refractivity contribution in [2.75, 3.05) is 6.61 Å². The Morgan fingerprint density at radius 1 is 1.24 bits per heavy atom. The molecule has 1 fully saturated rings. The summed E-state index contributed by atoms with van der Waals surface area (Å²) in [6.45, 7) is -0.751. The molecular weight excluding hydrogens is 356 g/mol. The zero-order chi connectivity index (χ0) is 17.2. The molecule has 2 aromatic carbocycles. The second-order valence-electron chi connectivity index (χ2n) is 5.41. The number of hydrogen-bond acceptors (Lipinski definition) is 4. The number of carbonyl (C=O) groups is 1. The lowest BCUT2D eigenvalue weighted by molar-refractivity contribution is -0.104. The molecule has 1 aliphatic heterocycles. The van der Waals surface area contributed by atoms with Crippen LogP contribution in [-0.4, -0.2) is 23.7 Å². The number of phenolic OH excluding ortho intramolecular Hbond substituents is 1. The summed E-state index contributed by atoms with van der Waals surface area (Å²) < 4.78 is 37.6. The van der Waals surface area contributed by atoms with Crippen LogP contribution in [0.4, 0.5) is 13.6 Å². The Labute approximate surface area is 149 Å². The lowest BCUT2D eigenvalue weighted by atomic mass is 9.99. The smallest absolute Gasteiger partial charge is 0.408 e. The number of hydrogen-bond donors (Lipinski definition) is 2. The quantitative estimate of drug-likeness (QED) is 0.857. The second-order valence-corrected chi connectivity index (χ2v) is 5.41. The van der Waals surface area contributed by atoms with E-state index in [2.05, 4.69) is 4.74 Å². The molecule has 5 nitrogen and oxygen atoms in total. The van der Waals surface area contributed by atoms with Gasteiger partial charge in [0.2, 0.25) is 0 Å². The molecule has 0 bridgehead atoms. The van der Waals surface area contributed by atoms with Crippen LogP contribution >= 0.6 is 12.4 Å². The van der Waals surface area contributed by atoms with Crippen molar-refractivity contribution in [1.82, 2.24) is 5.32 Å². The van der Waals surface area contributed by atoms with Crippen LogP contribution in [0.1, 0.15) is 17.2 Å². The molecule has 25 heavy (non-hydrogen) atoms. The van der Waals surface area contributed by atoms with E-state index in [1.165, 1.54) is 18.2 Å². The first-order valence-electron chi connectivity index (χ1n) is 7.26. The van der Waals surface area contributed by atoms with Crippen LogP contribution in [0.2, 0.25) is 0 Å². The van der Waals surface area contributed by atoms with Gasteiger partial charge in [0.1, 0.15) is 24.1 Å². The number of carbonyl (C=O) groups excluding carboxylic acids is 1. The van der Waals surface area contributed by atoms with E-state index < -0.39 is 24.7 Å². The summed E-state index contributed by atoms with van der Waals surface area (Å²) in [4.78, 5) is 11.2. The zero-order valence-electron chi connectivity index (χ0n) is 12.9. The number of benzene rings is 2. The molecule has 1 heterocycles. The number of cyclic esters (lactones) is 1. The van der Waals surface area contributed by atoms with Crippen LogP contribution in [0.3, 0.4) is 0 Å². The fraction of sp³-hybridized carbons (Fsp3) is 0.235. The summed E-state index contributed by atoms with van der Waals surface area (Å²) in [6.07, 6.45) is -0.949. The number of alkyl carbamates (subject to hydrolysis) is 1. The Kier molecular flexibility index (Phi) is 5.69. The van der Waals surface area contributed by atoms with Crippen molar-refractivity contribution in [3.63, 3.8) is 0 Å². The molecule has 3 rings (SSSR count). The van der Waals surface area contributed by atoms with E-state index in [4.69, 9.17) is 4.74 Å². The molecule has 8 heteroatoms. The third-order valence-corrected chi connectivity index (χ3v) is 3.64. The number of amides is 1. The molecule has 0 unspecified atom stereocenters. The highest BCUT2D eigenvalue weighted by atomic mass is 35.5. The lowest BCUT2D eigenvalue weighted by Gasteiger charge is -2.32. The second kappa shape index (κ2) is 7.57. The average molecular weight is 372 g/mol. The molecule has 2 aromatic rings. The number of aromatic hydroxyl groups is 1. The summed E-state index contributed by atoms with van der Waals surface area (Å²) in [7, 11) is 0. The molecular formula is C17H16ClF2NO4. The van der Waals surface area contributed by atoms with E-state index in [0.29, 0.717) is 5.75 Å². The molecule has 1 saturated heterocycles. The van der Waals surface area contributed by atoms with Crippen molar-refractivity contribution in [2.45, 2.75) is 18.6 Å². The van der Waals surface area contributed by atoms with Gasteiger partial charge in [-0.3, -0.25) is 0 Å². The highest BCUT2D eigenvalue weighted by molar-refractivity contribution is 5.85. The summed E-state index contributed by atoms with van der Waals surface area (Å²) >= 11 is 0. The van der Waals surface area contributed by atoms with Gasteiger partial charge in [0.25, 0.3) is 0 Å². The average Bonchev–Trinajstić information content (AvgIpc) is 2.57. The molecule has 0 aromatic heterocycles. The predicted octanol–water partition coefficient (Wildman–Crippen LogP) is 3.81. The van der Waals surface area contributed by atoms with E-state index in [1.54, 1.807) is 0 Å². The maximum atomic E-state index is 13.9. The minimum absolute atomic E-state index is 0. The molecule has 0 radical (unpaired) electrons. The fourth-order valence-corrected chi connectivity index (χ4v) is 2.41. The van der Waals surface area contributed by atoms with Crippen molar-refractivity contribution in [2.24, 2.45) is 0 Å². The molecule has 1 amide bonds. The van der Waals surface area contributed by atoms with Gasteiger partial charge in [0.05, 0.1) is 0 Å². The molecule has 1 atom stereocenters. The van der Waals surface area contributed by atoms with Gasteiger partial charge in [-0.05, 0) is 17.7 Å². The molecule has 1 aliphatic rings. The topological polar surface area (TPSA) is 67.8 Å². The highest BCUT2D eigenvalue weighted by Crippen LogP contribution is 2.39. The third-order valence-electron chi connectivity index (χ3n) is 3.64. The summed E-state index contributed by atoms with van der Waals surface area (Å²) in [5.74, 6) is -3.37. The fourth-order valence-electron chi connectivity index (χ4n) is 2.41. The molecule has 2 N–H and O–H groups in total. The first-order valence-corrected chi connectivity index (χ1v) is 7.26. The number of rotatable bonds is 4. The number of halogens is 3. The highest BCUT2D eigenvalue weighted by Gasteiger charge is 2.47. The van der Waals surface area contributed by atoms with Gasteiger partial charge in [0.15, 0.2) is 6.61 Å². The lowest BCUT2D eigenvalue weighted by Crippen LogP contribution is -2.49. The minimum atomic E-state index is -3.32. The third kappa shape index (κ3) is 4.30. The van der Waals surface area contributed by atoms with Crippen molar-refractivity contribution in [1.29, 1.82) is 0 Å². The van der Waals surface area contributed by atoms with Crippen LogP contribution in [0.5, 0.6) is 11.5 Å². The van der Waals surface area contributed by atoms with Crippen LogP contribution in [-0.2, 0) is 11.3 Å². The Morgan fingerprint density at radius 3 is 2.64 bits per heavy atom. The van der Waals surface area contributed by atoms with Gasteiger partial charge in [-0.1, -0.05) is 30.3 Å². The van der Waals surface area contributed by atoms with Gasteiger partial charge >= 0.3 is 12.0 Å². The van der Waals surface area contributed by atoms with Crippen molar-refractivity contribution in [3.05, 3.63) is 59.7 Å². The van der Waals surface area contributed by atoms with Crippen LogP contribution < -0.4 is 10.1 Å².